The summed E-state index contributed by atoms with van der Waals surface area (Å²) in [5.74, 6) is 1.01. The van der Waals surface area contributed by atoms with Crippen LogP contribution in [0.2, 0.25) is 0 Å². The molecular formula is C29H41N3O2. The molecule has 184 valence electrons. The van der Waals surface area contributed by atoms with Gasteiger partial charge in [-0.25, -0.2) is 23.5 Å². The second-order valence-corrected chi connectivity index (χ2v) is 13.4. The van der Waals surface area contributed by atoms with Crippen molar-refractivity contribution in [2.24, 2.45) is 28.1 Å². The average Bonchev–Trinajstić information content (AvgIpc) is 3.25. The Balaban J connectivity index is 1.34. The molecule has 5 aliphatic carbocycles. The minimum absolute atomic E-state index is 0.00459. The lowest BCUT2D eigenvalue weighted by Gasteiger charge is -2.60. The van der Waals surface area contributed by atoms with Crippen molar-refractivity contribution >= 4 is 0 Å². The molecule has 5 nitrogen and oxygen atoms in total. The van der Waals surface area contributed by atoms with Crippen molar-refractivity contribution in [1.29, 1.82) is 0 Å². The van der Waals surface area contributed by atoms with E-state index < -0.39 is 0 Å². The van der Waals surface area contributed by atoms with Crippen molar-refractivity contribution in [1.82, 2.24) is 13.9 Å². The van der Waals surface area contributed by atoms with Crippen molar-refractivity contribution < 1.29 is 0 Å². The van der Waals surface area contributed by atoms with Gasteiger partial charge in [-0.15, -0.1) is 0 Å². The van der Waals surface area contributed by atoms with E-state index in [2.05, 4.69) is 39.0 Å². The lowest BCUT2D eigenvalue weighted by Crippen LogP contribution is -2.59. The van der Waals surface area contributed by atoms with Crippen molar-refractivity contribution in [3.63, 3.8) is 0 Å². The van der Waals surface area contributed by atoms with E-state index in [1.54, 1.807) is 10.1 Å². The van der Waals surface area contributed by atoms with Gasteiger partial charge in [0, 0.05) is 17.4 Å². The number of fused-ring (bicyclic) bond motifs is 2. The maximum Gasteiger partial charge on any atom is 0.348 e. The first kappa shape index (κ1) is 21.5. The van der Waals surface area contributed by atoms with Crippen molar-refractivity contribution in [2.75, 3.05) is 0 Å². The zero-order valence-electron chi connectivity index (χ0n) is 21.3. The molecule has 1 aromatic rings. The molecule has 2 fully saturated rings. The van der Waals surface area contributed by atoms with Gasteiger partial charge in [0.1, 0.15) is 0 Å². The fourth-order valence-corrected chi connectivity index (χ4v) is 9.70. The third-order valence-corrected chi connectivity index (χ3v) is 12.0. The molecule has 1 aromatic heterocycles. The third-order valence-electron chi connectivity index (χ3n) is 12.0. The van der Waals surface area contributed by atoms with Gasteiger partial charge in [-0.1, -0.05) is 83.1 Å². The molecule has 3 heterocycles. The summed E-state index contributed by atoms with van der Waals surface area (Å²) in [5.41, 5.74) is 1.70. The standard InChI is InChI=1S/C29H41N3O2/c1-27(2)20-14-16-28(27,3)23(17-20)30-25(33)31-21-12-13-22(32(31)26(30)34)29-15-10-8-6-4-5-7-9-11-19(18-29)24(21)29/h12-13,18,20-24H,4-11,14-17H2,1-3H3/t20-,21-,22-,23+,24+,28-,29-/m0/s1. The van der Waals surface area contributed by atoms with Gasteiger partial charge in [0.25, 0.3) is 0 Å². The van der Waals surface area contributed by atoms with Crippen LogP contribution < -0.4 is 11.4 Å². The molecule has 6 bridgehead atoms. The first-order valence-electron chi connectivity index (χ1n) is 14.2. The number of aromatic nitrogens is 3. The van der Waals surface area contributed by atoms with Crippen LogP contribution in [0.1, 0.15) is 116 Å². The van der Waals surface area contributed by atoms with E-state index >= 15 is 0 Å². The average molecular weight is 464 g/mol. The van der Waals surface area contributed by atoms with Crippen LogP contribution in [-0.2, 0) is 0 Å². The monoisotopic (exact) mass is 463 g/mol. The largest absolute Gasteiger partial charge is 0.348 e. The Bertz CT molecular complexity index is 1210. The number of hydrogen-bond donors (Lipinski definition) is 0. The quantitative estimate of drug-likeness (QED) is 0.485. The highest BCUT2D eigenvalue weighted by atomic mass is 16.2. The normalized spacial score (nSPS) is 44.0. The van der Waals surface area contributed by atoms with Crippen molar-refractivity contribution in [2.45, 2.75) is 116 Å². The Morgan fingerprint density at radius 1 is 0.853 bits per heavy atom. The van der Waals surface area contributed by atoms with Gasteiger partial charge in [0.05, 0.1) is 12.1 Å². The van der Waals surface area contributed by atoms with Crippen LogP contribution in [0.15, 0.2) is 33.4 Å². The molecule has 0 unspecified atom stereocenters. The highest BCUT2D eigenvalue weighted by Gasteiger charge is 2.64. The molecule has 0 saturated heterocycles. The Morgan fingerprint density at radius 3 is 2.26 bits per heavy atom. The van der Waals surface area contributed by atoms with E-state index in [1.165, 1.54) is 57.8 Å². The lowest BCUT2D eigenvalue weighted by molar-refractivity contribution is 0.0161. The van der Waals surface area contributed by atoms with E-state index in [1.807, 2.05) is 9.36 Å². The fourth-order valence-electron chi connectivity index (χ4n) is 9.70. The minimum atomic E-state index is -0.0419. The number of rotatable bonds is 1. The highest BCUT2D eigenvalue weighted by Crippen LogP contribution is 2.70. The van der Waals surface area contributed by atoms with E-state index in [-0.39, 0.29) is 45.7 Å². The van der Waals surface area contributed by atoms with E-state index in [0.717, 1.165) is 19.3 Å². The molecule has 0 radical (unpaired) electrons. The molecule has 0 amide bonds. The summed E-state index contributed by atoms with van der Waals surface area (Å²) >= 11 is 0. The van der Waals surface area contributed by atoms with Crippen LogP contribution in [-0.4, -0.2) is 13.9 Å². The topological polar surface area (TPSA) is 48.9 Å². The zero-order chi connectivity index (χ0) is 23.5. The maximum atomic E-state index is 14.1. The third kappa shape index (κ3) is 2.38. The number of nitrogens with zero attached hydrogens (tertiary/aromatic N) is 3. The van der Waals surface area contributed by atoms with E-state index in [0.29, 0.717) is 11.8 Å². The molecular weight excluding hydrogens is 422 g/mol. The molecule has 2 saturated carbocycles. The predicted molar refractivity (Wildman–Crippen MR) is 134 cm³/mol. The van der Waals surface area contributed by atoms with Crippen LogP contribution in [0.25, 0.3) is 0 Å². The maximum absolute atomic E-state index is 14.1. The zero-order valence-corrected chi connectivity index (χ0v) is 21.3. The second-order valence-electron chi connectivity index (χ2n) is 13.4. The van der Waals surface area contributed by atoms with Crippen molar-refractivity contribution in [3.8, 4) is 0 Å². The second kappa shape index (κ2) is 6.91. The molecule has 8 rings (SSSR count). The van der Waals surface area contributed by atoms with E-state index in [9.17, 15) is 9.59 Å². The van der Waals surface area contributed by atoms with Gasteiger partial charge >= 0.3 is 11.4 Å². The van der Waals surface area contributed by atoms with Gasteiger partial charge in [-0.05, 0) is 55.3 Å². The number of allylic oxidation sites excluding steroid dienone is 4. The van der Waals surface area contributed by atoms with Gasteiger partial charge in [0.2, 0.25) is 0 Å². The minimum Gasteiger partial charge on any atom is -0.246 e. The van der Waals surface area contributed by atoms with Crippen LogP contribution in [0, 0.1) is 28.1 Å². The molecule has 7 aliphatic rings. The van der Waals surface area contributed by atoms with Gasteiger partial charge in [-0.2, -0.15) is 0 Å². The van der Waals surface area contributed by atoms with Gasteiger partial charge < -0.3 is 0 Å². The van der Waals surface area contributed by atoms with Crippen LogP contribution in [0.4, 0.5) is 0 Å². The Labute approximate surface area is 202 Å². The van der Waals surface area contributed by atoms with Gasteiger partial charge in [0.15, 0.2) is 0 Å². The Kier molecular flexibility index (Phi) is 4.37. The Hall–Kier alpha value is -1.78. The summed E-state index contributed by atoms with van der Waals surface area (Å²) in [7, 11) is 0. The molecule has 7 atom stereocenters. The molecule has 0 aromatic carbocycles. The van der Waals surface area contributed by atoms with Crippen molar-refractivity contribution in [3.05, 3.63) is 44.8 Å². The first-order valence-corrected chi connectivity index (χ1v) is 14.2. The molecule has 0 N–H and O–H groups in total. The summed E-state index contributed by atoms with van der Waals surface area (Å²) in [5, 5.41) is 0. The SMILES string of the molecule is CC1(C)[C@H]2CC[C@@]1(C)[C@H](n1c(=O)n3n(c1=O)[C@H]1C=C[C@H]3[C@@]34C=C(CCCCCCCCC3)[C@H]14)C2. The molecule has 2 aliphatic heterocycles. The van der Waals surface area contributed by atoms with Crippen LogP contribution in [0.5, 0.6) is 0 Å². The first-order chi connectivity index (χ1) is 16.3. The summed E-state index contributed by atoms with van der Waals surface area (Å²) in [6.45, 7) is 7.08. The summed E-state index contributed by atoms with van der Waals surface area (Å²) in [6, 6.07) is 0.0326. The Morgan fingerprint density at radius 2 is 1.56 bits per heavy atom. The molecule has 5 heteroatoms. The van der Waals surface area contributed by atoms with Crippen LogP contribution in [0.3, 0.4) is 0 Å². The van der Waals surface area contributed by atoms with E-state index in [4.69, 9.17) is 0 Å². The smallest absolute Gasteiger partial charge is 0.246 e. The summed E-state index contributed by atoms with van der Waals surface area (Å²) in [4.78, 5) is 28.2. The highest BCUT2D eigenvalue weighted by molar-refractivity contribution is 5.40. The predicted octanol–water partition coefficient (Wildman–Crippen LogP) is 5.93. The van der Waals surface area contributed by atoms with Crippen LogP contribution >= 0.6 is 0 Å². The number of hydrogen-bond acceptors (Lipinski definition) is 2. The summed E-state index contributed by atoms with van der Waals surface area (Å²) in [6.07, 6.45) is 21.9. The fraction of sp³-hybridized carbons (Fsp3) is 0.793. The summed E-state index contributed by atoms with van der Waals surface area (Å²) < 4.78 is 5.53. The lowest BCUT2D eigenvalue weighted by atomic mass is 9.50. The van der Waals surface area contributed by atoms with Gasteiger partial charge in [-0.3, -0.25) is 0 Å². The molecule has 34 heavy (non-hydrogen) atoms. The molecule has 1 spiro atoms.